The molecule has 0 aliphatic carbocycles. The topological polar surface area (TPSA) is 91.6 Å². The van der Waals surface area contributed by atoms with Crippen LogP contribution >= 0.6 is 0 Å². The Morgan fingerprint density at radius 1 is 1.14 bits per heavy atom. The molecule has 160 valence electrons. The van der Waals surface area contributed by atoms with Crippen LogP contribution in [0.25, 0.3) is 11.0 Å². The highest BCUT2D eigenvalue weighted by Crippen LogP contribution is 2.21. The van der Waals surface area contributed by atoms with Crippen molar-refractivity contribution in [3.05, 3.63) is 18.2 Å². The number of benzene rings is 1. The first-order valence-electron chi connectivity index (χ1n) is 10.2. The second-order valence-corrected chi connectivity index (χ2v) is 9.28. The Morgan fingerprint density at radius 2 is 1.83 bits per heavy atom. The van der Waals surface area contributed by atoms with Crippen LogP contribution in [0.4, 0.5) is 0 Å². The van der Waals surface area contributed by atoms with Gasteiger partial charge in [0.1, 0.15) is 5.52 Å². The number of amides is 1. The number of fused-ring (bicyclic) bond motifs is 1. The van der Waals surface area contributed by atoms with Gasteiger partial charge in [0, 0.05) is 52.2 Å². The molecule has 1 saturated heterocycles. The van der Waals surface area contributed by atoms with Crippen LogP contribution in [-0.4, -0.2) is 89.7 Å². The summed E-state index contributed by atoms with van der Waals surface area (Å²) in [5.41, 5.74) is 1.32. The van der Waals surface area contributed by atoms with Crippen molar-refractivity contribution in [3.63, 3.8) is 0 Å². The van der Waals surface area contributed by atoms with Crippen molar-refractivity contribution in [1.82, 2.24) is 29.1 Å². The number of nitrogens with zero attached hydrogens (tertiary/aromatic N) is 6. The van der Waals surface area contributed by atoms with Gasteiger partial charge < -0.3 is 9.80 Å². The first-order chi connectivity index (χ1) is 13.9. The number of aryl methyl sites for hydroxylation is 1. The minimum atomic E-state index is -3.53. The Hall–Kier alpha value is -2.04. The van der Waals surface area contributed by atoms with E-state index in [0.717, 1.165) is 31.7 Å². The number of hydrogen-bond donors (Lipinski definition) is 0. The third-order valence-electron chi connectivity index (χ3n) is 5.45. The summed E-state index contributed by atoms with van der Waals surface area (Å²) in [6.45, 7) is 8.44. The van der Waals surface area contributed by atoms with Crippen molar-refractivity contribution < 1.29 is 13.2 Å². The standard InChI is InChI=1S/C19H30N6O3S/c1-4-24(5-2)29(27,28)16-8-9-18-17(15-16)20-21-25(18)10-6-7-19(26)23-13-11-22(3)12-14-23/h8-9,15H,4-7,10-14H2,1-3H3. The smallest absolute Gasteiger partial charge is 0.243 e. The largest absolute Gasteiger partial charge is 0.340 e. The van der Waals surface area contributed by atoms with E-state index in [4.69, 9.17) is 0 Å². The van der Waals surface area contributed by atoms with E-state index < -0.39 is 10.0 Å². The molecule has 1 aliphatic heterocycles. The minimum Gasteiger partial charge on any atom is -0.340 e. The highest BCUT2D eigenvalue weighted by molar-refractivity contribution is 7.89. The Balaban J connectivity index is 1.64. The van der Waals surface area contributed by atoms with Gasteiger partial charge in [-0.25, -0.2) is 13.1 Å². The third kappa shape index (κ3) is 4.76. The number of hydrogen-bond acceptors (Lipinski definition) is 6. The molecule has 10 heteroatoms. The fraction of sp³-hybridized carbons (Fsp3) is 0.632. The third-order valence-corrected chi connectivity index (χ3v) is 7.49. The van der Waals surface area contributed by atoms with Gasteiger partial charge in [0.05, 0.1) is 10.4 Å². The molecular weight excluding hydrogens is 392 g/mol. The van der Waals surface area contributed by atoms with Crippen LogP contribution < -0.4 is 0 Å². The van der Waals surface area contributed by atoms with Gasteiger partial charge in [-0.05, 0) is 31.7 Å². The fourth-order valence-corrected chi connectivity index (χ4v) is 5.06. The molecule has 0 atom stereocenters. The highest BCUT2D eigenvalue weighted by atomic mass is 32.2. The monoisotopic (exact) mass is 422 g/mol. The van der Waals surface area contributed by atoms with Crippen molar-refractivity contribution in [2.45, 2.75) is 38.1 Å². The van der Waals surface area contributed by atoms with E-state index in [2.05, 4.69) is 22.3 Å². The van der Waals surface area contributed by atoms with Gasteiger partial charge in [-0.3, -0.25) is 4.79 Å². The second kappa shape index (κ2) is 9.19. The quantitative estimate of drug-likeness (QED) is 0.631. The summed E-state index contributed by atoms with van der Waals surface area (Å²) in [4.78, 5) is 16.7. The predicted octanol–water partition coefficient (Wildman–Crippen LogP) is 1.02. The summed E-state index contributed by atoms with van der Waals surface area (Å²) in [5.74, 6) is 0.176. The summed E-state index contributed by atoms with van der Waals surface area (Å²) in [5, 5.41) is 8.28. The van der Waals surface area contributed by atoms with Crippen molar-refractivity contribution in [1.29, 1.82) is 0 Å². The molecule has 29 heavy (non-hydrogen) atoms. The van der Waals surface area contributed by atoms with E-state index in [1.54, 1.807) is 22.9 Å². The van der Waals surface area contributed by atoms with Gasteiger partial charge in [-0.2, -0.15) is 4.31 Å². The van der Waals surface area contributed by atoms with E-state index in [-0.39, 0.29) is 10.8 Å². The van der Waals surface area contributed by atoms with E-state index >= 15 is 0 Å². The summed E-state index contributed by atoms with van der Waals surface area (Å²) in [6, 6.07) is 4.92. The zero-order chi connectivity index (χ0) is 21.0. The van der Waals surface area contributed by atoms with E-state index in [9.17, 15) is 13.2 Å². The molecule has 0 saturated carbocycles. The van der Waals surface area contributed by atoms with E-state index in [0.29, 0.717) is 38.0 Å². The molecule has 0 radical (unpaired) electrons. The van der Waals surface area contributed by atoms with Crippen LogP contribution in [-0.2, 0) is 21.4 Å². The SMILES string of the molecule is CCN(CC)S(=O)(=O)c1ccc2c(c1)nnn2CCCC(=O)N1CCN(C)CC1. The van der Waals surface area contributed by atoms with Crippen LogP contribution in [0.15, 0.2) is 23.1 Å². The number of likely N-dealkylation sites (N-methyl/N-ethyl adjacent to an activating group) is 1. The maximum Gasteiger partial charge on any atom is 0.243 e. The van der Waals surface area contributed by atoms with Gasteiger partial charge in [0.2, 0.25) is 15.9 Å². The average Bonchev–Trinajstić information content (AvgIpc) is 3.11. The van der Waals surface area contributed by atoms with Gasteiger partial charge in [0.15, 0.2) is 0 Å². The average molecular weight is 423 g/mol. The molecule has 9 nitrogen and oxygen atoms in total. The van der Waals surface area contributed by atoms with Crippen LogP contribution in [0.3, 0.4) is 0 Å². The molecule has 0 unspecified atom stereocenters. The highest BCUT2D eigenvalue weighted by Gasteiger charge is 2.23. The molecular formula is C19H30N6O3S. The van der Waals surface area contributed by atoms with Crippen molar-refractivity contribution in [3.8, 4) is 0 Å². The molecule has 1 aromatic carbocycles. The van der Waals surface area contributed by atoms with Crippen LogP contribution in [0.1, 0.15) is 26.7 Å². The van der Waals surface area contributed by atoms with Crippen LogP contribution in [0, 0.1) is 0 Å². The fourth-order valence-electron chi connectivity index (χ4n) is 3.58. The molecule has 0 spiro atoms. The lowest BCUT2D eigenvalue weighted by molar-refractivity contribution is -0.132. The molecule has 1 fully saturated rings. The number of rotatable bonds is 8. The molecule has 1 aliphatic rings. The second-order valence-electron chi connectivity index (χ2n) is 7.34. The molecule has 0 N–H and O–H groups in total. The zero-order valence-electron chi connectivity index (χ0n) is 17.4. The minimum absolute atomic E-state index is 0.176. The number of sulfonamides is 1. The van der Waals surface area contributed by atoms with Gasteiger partial charge in [-0.1, -0.05) is 19.1 Å². The Bertz CT molecular complexity index is 946. The normalized spacial score (nSPS) is 16.1. The van der Waals surface area contributed by atoms with Crippen LogP contribution in [0.2, 0.25) is 0 Å². The number of carbonyl (C=O) groups excluding carboxylic acids is 1. The molecule has 2 heterocycles. The summed E-state index contributed by atoms with van der Waals surface area (Å²) < 4.78 is 28.5. The lowest BCUT2D eigenvalue weighted by Crippen LogP contribution is -2.47. The van der Waals surface area contributed by atoms with E-state index in [1.807, 2.05) is 18.7 Å². The maximum absolute atomic E-state index is 12.7. The molecule has 1 amide bonds. The number of carbonyl (C=O) groups is 1. The lowest BCUT2D eigenvalue weighted by atomic mass is 10.2. The molecule has 2 aromatic rings. The summed E-state index contributed by atoms with van der Waals surface area (Å²) in [6.07, 6.45) is 1.14. The van der Waals surface area contributed by atoms with Crippen molar-refractivity contribution >= 4 is 27.0 Å². The van der Waals surface area contributed by atoms with Crippen LogP contribution in [0.5, 0.6) is 0 Å². The Labute approximate surface area is 172 Å². The predicted molar refractivity (Wildman–Crippen MR) is 111 cm³/mol. The van der Waals surface area contributed by atoms with E-state index in [1.165, 1.54) is 4.31 Å². The molecule has 1 aromatic heterocycles. The van der Waals surface area contributed by atoms with Gasteiger partial charge in [-0.15, -0.1) is 5.10 Å². The molecule has 0 bridgehead atoms. The van der Waals surface area contributed by atoms with Gasteiger partial charge >= 0.3 is 0 Å². The van der Waals surface area contributed by atoms with Crippen molar-refractivity contribution in [2.24, 2.45) is 0 Å². The summed E-state index contributed by atoms with van der Waals surface area (Å²) in [7, 11) is -1.46. The molecule has 3 rings (SSSR count). The first kappa shape index (κ1) is 21.7. The number of aromatic nitrogens is 3. The summed E-state index contributed by atoms with van der Waals surface area (Å²) >= 11 is 0. The Morgan fingerprint density at radius 3 is 2.48 bits per heavy atom. The maximum atomic E-state index is 12.7. The first-order valence-corrected chi connectivity index (χ1v) is 11.6. The zero-order valence-corrected chi connectivity index (χ0v) is 18.2. The van der Waals surface area contributed by atoms with Gasteiger partial charge in [0.25, 0.3) is 0 Å². The van der Waals surface area contributed by atoms with Crippen molar-refractivity contribution in [2.75, 3.05) is 46.3 Å². The Kier molecular flexibility index (Phi) is 6.86. The number of piperazine rings is 1. The lowest BCUT2D eigenvalue weighted by Gasteiger charge is -2.32.